The standard InChI is InChI=1S/C11H15NO4PS/c1-8(2)15-11(13)9-6-4-5-7-10(9)16-17(18)12-14-3/h4-8H,1-3H3,(H,12,18)/q+1. The highest BCUT2D eigenvalue weighted by molar-refractivity contribution is 8.02. The van der Waals surface area contributed by atoms with Crippen LogP contribution in [0.5, 0.6) is 5.75 Å². The van der Waals surface area contributed by atoms with Crippen LogP contribution in [0.25, 0.3) is 0 Å². The van der Waals surface area contributed by atoms with Gasteiger partial charge in [-0.05, 0) is 26.0 Å². The Morgan fingerprint density at radius 2 is 2.06 bits per heavy atom. The summed E-state index contributed by atoms with van der Waals surface area (Å²) in [5.41, 5.74) is 0.349. The van der Waals surface area contributed by atoms with Crippen molar-refractivity contribution in [2.45, 2.75) is 20.0 Å². The average molecular weight is 288 g/mol. The molecular formula is C11H15NO4PS+. The number of ether oxygens (including phenoxy) is 1. The fourth-order valence-corrected chi connectivity index (χ4v) is 2.16. The number of hydrogen-bond donors (Lipinski definition) is 1. The summed E-state index contributed by atoms with van der Waals surface area (Å²) < 4.78 is 10.6. The Kier molecular flexibility index (Phi) is 6.15. The summed E-state index contributed by atoms with van der Waals surface area (Å²) in [6, 6.07) is 6.78. The van der Waals surface area contributed by atoms with E-state index in [1.165, 1.54) is 7.11 Å². The van der Waals surface area contributed by atoms with Gasteiger partial charge in [-0.1, -0.05) is 12.1 Å². The molecule has 0 spiro atoms. The van der Waals surface area contributed by atoms with Crippen molar-refractivity contribution in [1.29, 1.82) is 0 Å². The average Bonchev–Trinajstić information content (AvgIpc) is 2.28. The van der Waals surface area contributed by atoms with Crippen LogP contribution in [0.3, 0.4) is 0 Å². The summed E-state index contributed by atoms with van der Waals surface area (Å²) in [6.45, 7) is 3.57. The maximum atomic E-state index is 11.8. The summed E-state index contributed by atoms with van der Waals surface area (Å²) in [4.78, 5) is 16.5. The Hall–Kier alpha value is -1.07. The molecule has 0 heterocycles. The lowest BCUT2D eigenvalue weighted by molar-refractivity contribution is 0.0376. The molecule has 1 N–H and O–H groups in total. The molecule has 0 aliphatic heterocycles. The monoisotopic (exact) mass is 288 g/mol. The minimum Gasteiger partial charge on any atom is -0.459 e. The Bertz CT molecular complexity index is 439. The van der Waals surface area contributed by atoms with Gasteiger partial charge in [-0.15, -0.1) is 0 Å². The summed E-state index contributed by atoms with van der Waals surface area (Å²) in [5, 5.41) is 2.51. The molecule has 1 atom stereocenters. The Morgan fingerprint density at radius 3 is 2.67 bits per heavy atom. The van der Waals surface area contributed by atoms with Gasteiger partial charge < -0.3 is 4.74 Å². The number of hydrogen-bond acceptors (Lipinski definition) is 5. The fourth-order valence-electron chi connectivity index (χ4n) is 1.17. The van der Waals surface area contributed by atoms with E-state index in [-0.39, 0.29) is 6.10 Å². The van der Waals surface area contributed by atoms with Crippen LogP contribution in [0.4, 0.5) is 0 Å². The summed E-state index contributed by atoms with van der Waals surface area (Å²) in [6.07, 6.45) is -0.187. The lowest BCUT2D eigenvalue weighted by Crippen LogP contribution is -2.13. The SMILES string of the molecule is CON[P+](=S)Oc1ccccc1C(=O)OC(C)C. The van der Waals surface area contributed by atoms with Crippen molar-refractivity contribution in [3.63, 3.8) is 0 Å². The number of benzene rings is 1. The van der Waals surface area contributed by atoms with E-state index in [1.54, 1.807) is 38.1 Å². The van der Waals surface area contributed by atoms with E-state index in [0.717, 1.165) is 0 Å². The molecule has 7 heteroatoms. The molecule has 0 bridgehead atoms. The number of para-hydroxylation sites is 1. The first-order valence-electron chi connectivity index (χ1n) is 5.28. The fraction of sp³-hybridized carbons (Fsp3) is 0.364. The molecule has 1 rings (SSSR count). The minimum absolute atomic E-state index is 0.187. The zero-order valence-corrected chi connectivity index (χ0v) is 12.1. The highest BCUT2D eigenvalue weighted by atomic mass is 32.4. The zero-order chi connectivity index (χ0) is 13.5. The van der Waals surface area contributed by atoms with E-state index >= 15 is 0 Å². The predicted octanol–water partition coefficient (Wildman–Crippen LogP) is 2.56. The van der Waals surface area contributed by atoms with Crippen LogP contribution in [0.1, 0.15) is 24.2 Å². The molecule has 0 saturated carbocycles. The molecule has 0 amide bonds. The van der Waals surface area contributed by atoms with Crippen LogP contribution in [0, 0.1) is 0 Å². The third-order valence-corrected chi connectivity index (χ3v) is 2.94. The smallest absolute Gasteiger partial charge is 0.459 e. The lowest BCUT2D eigenvalue weighted by Gasteiger charge is -2.08. The van der Waals surface area contributed by atoms with Crippen molar-refractivity contribution in [3.05, 3.63) is 29.8 Å². The summed E-state index contributed by atoms with van der Waals surface area (Å²) >= 11 is 5.01. The second-order valence-electron chi connectivity index (χ2n) is 3.59. The number of nitrogens with one attached hydrogen (secondary N) is 1. The van der Waals surface area contributed by atoms with Crippen LogP contribution < -0.4 is 9.77 Å². The van der Waals surface area contributed by atoms with Gasteiger partial charge in [0.05, 0.1) is 13.2 Å². The molecule has 0 radical (unpaired) electrons. The van der Waals surface area contributed by atoms with Gasteiger partial charge >= 0.3 is 13.0 Å². The number of esters is 1. The van der Waals surface area contributed by atoms with Crippen LogP contribution in [0.2, 0.25) is 0 Å². The third-order valence-electron chi connectivity index (χ3n) is 1.80. The molecule has 18 heavy (non-hydrogen) atoms. The van der Waals surface area contributed by atoms with Crippen molar-refractivity contribution in [1.82, 2.24) is 5.25 Å². The van der Waals surface area contributed by atoms with Crippen molar-refractivity contribution < 1.29 is 18.9 Å². The van der Waals surface area contributed by atoms with Gasteiger partial charge in [-0.25, -0.2) is 4.79 Å². The van der Waals surface area contributed by atoms with Gasteiger partial charge in [0.2, 0.25) is 17.6 Å². The molecule has 98 valence electrons. The first-order valence-corrected chi connectivity index (χ1v) is 7.55. The molecule has 0 aliphatic rings. The topological polar surface area (TPSA) is 56.8 Å². The van der Waals surface area contributed by atoms with Crippen molar-refractivity contribution >= 4 is 24.9 Å². The van der Waals surface area contributed by atoms with Gasteiger partial charge in [-0.2, -0.15) is 0 Å². The van der Waals surface area contributed by atoms with E-state index in [9.17, 15) is 4.79 Å². The molecule has 1 aromatic carbocycles. The second kappa shape index (κ2) is 7.38. The van der Waals surface area contributed by atoms with E-state index in [0.29, 0.717) is 11.3 Å². The first kappa shape index (κ1) is 15.0. The van der Waals surface area contributed by atoms with Gasteiger partial charge in [0, 0.05) is 5.25 Å². The van der Waals surface area contributed by atoms with E-state index < -0.39 is 13.0 Å². The van der Waals surface area contributed by atoms with Crippen molar-refractivity contribution in [3.8, 4) is 5.75 Å². The Labute approximate surface area is 112 Å². The minimum atomic E-state index is -1.41. The van der Waals surface area contributed by atoms with E-state index in [2.05, 4.69) is 10.1 Å². The maximum absolute atomic E-state index is 11.8. The van der Waals surface area contributed by atoms with Gasteiger partial charge in [0.25, 0.3) is 0 Å². The van der Waals surface area contributed by atoms with Gasteiger partial charge in [0.15, 0.2) is 0 Å². The Balaban J connectivity index is 2.85. The van der Waals surface area contributed by atoms with Crippen LogP contribution in [-0.2, 0) is 21.4 Å². The molecular weight excluding hydrogens is 273 g/mol. The normalized spacial score (nSPS) is 11.2. The van der Waals surface area contributed by atoms with Crippen molar-refractivity contribution in [2.24, 2.45) is 0 Å². The quantitative estimate of drug-likeness (QED) is 0.493. The lowest BCUT2D eigenvalue weighted by atomic mass is 10.2. The molecule has 0 fully saturated rings. The molecule has 1 aromatic rings. The highest BCUT2D eigenvalue weighted by Gasteiger charge is 2.21. The third kappa shape index (κ3) is 4.66. The summed E-state index contributed by atoms with van der Waals surface area (Å²) in [5.74, 6) is -0.0507. The van der Waals surface area contributed by atoms with Crippen molar-refractivity contribution in [2.75, 3.05) is 7.11 Å². The summed E-state index contributed by atoms with van der Waals surface area (Å²) in [7, 11) is 0.0334. The van der Waals surface area contributed by atoms with Gasteiger partial charge in [0.1, 0.15) is 5.56 Å². The van der Waals surface area contributed by atoms with Gasteiger partial charge in [-0.3, -0.25) is 9.36 Å². The highest BCUT2D eigenvalue weighted by Crippen LogP contribution is 2.27. The second-order valence-corrected chi connectivity index (χ2v) is 5.47. The number of carbonyl (C=O) groups excluding carboxylic acids is 1. The van der Waals surface area contributed by atoms with E-state index in [4.69, 9.17) is 21.1 Å². The maximum Gasteiger partial charge on any atom is 0.516 e. The first-order chi connectivity index (χ1) is 8.54. The molecule has 1 unspecified atom stereocenters. The predicted molar refractivity (Wildman–Crippen MR) is 72.1 cm³/mol. The largest absolute Gasteiger partial charge is 0.516 e. The van der Waals surface area contributed by atoms with Crippen LogP contribution in [-0.4, -0.2) is 19.2 Å². The molecule has 0 aliphatic carbocycles. The number of carbonyl (C=O) groups is 1. The molecule has 0 aromatic heterocycles. The Morgan fingerprint density at radius 1 is 1.39 bits per heavy atom. The van der Waals surface area contributed by atoms with E-state index in [1.807, 2.05) is 0 Å². The van der Waals surface area contributed by atoms with Crippen LogP contribution >= 0.6 is 7.07 Å². The molecule has 0 saturated heterocycles. The molecule has 5 nitrogen and oxygen atoms in total. The zero-order valence-electron chi connectivity index (χ0n) is 10.4. The van der Waals surface area contributed by atoms with Crippen LogP contribution in [0.15, 0.2) is 24.3 Å². The number of rotatable bonds is 6.